The van der Waals surface area contributed by atoms with Crippen molar-refractivity contribution >= 4 is 11.7 Å². The summed E-state index contributed by atoms with van der Waals surface area (Å²) in [6.45, 7) is 1.74. The van der Waals surface area contributed by atoms with Crippen LogP contribution < -0.4 is 10.2 Å². The monoisotopic (exact) mass is 326 g/mol. The molecule has 6 nitrogen and oxygen atoms in total. The van der Waals surface area contributed by atoms with E-state index in [-0.39, 0.29) is 18.4 Å². The number of aromatic nitrogens is 2. The maximum Gasteiger partial charge on any atom is 0.225 e. The van der Waals surface area contributed by atoms with Crippen molar-refractivity contribution in [3.05, 3.63) is 54.5 Å². The molecule has 1 aromatic heterocycles. The van der Waals surface area contributed by atoms with Crippen molar-refractivity contribution in [2.24, 2.45) is 5.92 Å². The van der Waals surface area contributed by atoms with Crippen LogP contribution in [0.3, 0.4) is 0 Å². The maximum absolute atomic E-state index is 12.4. The number of nitrogens with zero attached hydrogens (tertiary/aromatic N) is 3. The van der Waals surface area contributed by atoms with Gasteiger partial charge in [-0.1, -0.05) is 30.3 Å². The molecule has 126 valence electrons. The summed E-state index contributed by atoms with van der Waals surface area (Å²) in [7, 11) is 0. The summed E-state index contributed by atoms with van der Waals surface area (Å²) >= 11 is 0. The molecule has 3 rings (SSSR count). The summed E-state index contributed by atoms with van der Waals surface area (Å²) < 4.78 is 0. The number of amides is 1. The molecule has 6 heteroatoms. The van der Waals surface area contributed by atoms with Crippen LogP contribution in [-0.4, -0.2) is 40.6 Å². The van der Waals surface area contributed by atoms with Crippen molar-refractivity contribution in [2.75, 3.05) is 24.5 Å². The molecule has 2 N–H and O–H groups in total. The van der Waals surface area contributed by atoms with Gasteiger partial charge >= 0.3 is 0 Å². The number of aliphatic hydroxyl groups excluding tert-OH is 1. The molecular weight excluding hydrogens is 304 g/mol. The summed E-state index contributed by atoms with van der Waals surface area (Å²) in [5, 5.41) is 13.0. The Kier molecular flexibility index (Phi) is 5.38. The molecule has 1 amide bonds. The second-order valence-corrected chi connectivity index (χ2v) is 6.02. The number of benzene rings is 1. The summed E-state index contributed by atoms with van der Waals surface area (Å²) in [4.78, 5) is 22.9. The van der Waals surface area contributed by atoms with Gasteiger partial charge in [0, 0.05) is 32.0 Å². The van der Waals surface area contributed by atoms with E-state index in [1.807, 2.05) is 30.3 Å². The van der Waals surface area contributed by atoms with Gasteiger partial charge in [-0.15, -0.1) is 0 Å². The molecule has 24 heavy (non-hydrogen) atoms. The Bertz CT molecular complexity index is 651. The molecular formula is C18H22N4O2. The van der Waals surface area contributed by atoms with Crippen molar-refractivity contribution in [3.63, 3.8) is 0 Å². The Labute approximate surface area is 141 Å². The van der Waals surface area contributed by atoms with Gasteiger partial charge in [-0.2, -0.15) is 0 Å². The number of anilines is 1. The zero-order chi connectivity index (χ0) is 16.8. The van der Waals surface area contributed by atoms with Crippen LogP contribution in [-0.2, 0) is 4.79 Å². The minimum atomic E-state index is -0.685. The van der Waals surface area contributed by atoms with Crippen molar-refractivity contribution in [1.82, 2.24) is 15.3 Å². The first-order valence-corrected chi connectivity index (χ1v) is 8.25. The number of carbonyl (C=O) groups is 1. The molecule has 0 bridgehead atoms. The smallest absolute Gasteiger partial charge is 0.225 e. The van der Waals surface area contributed by atoms with E-state index in [4.69, 9.17) is 0 Å². The molecule has 1 aromatic carbocycles. The Morgan fingerprint density at radius 2 is 2.17 bits per heavy atom. The lowest BCUT2D eigenvalue weighted by atomic mass is 9.97. The number of nitrogens with one attached hydrogen (secondary N) is 1. The topological polar surface area (TPSA) is 78.4 Å². The van der Waals surface area contributed by atoms with Gasteiger partial charge in [-0.3, -0.25) is 9.78 Å². The molecule has 0 aliphatic carbocycles. The fourth-order valence-corrected chi connectivity index (χ4v) is 2.99. The van der Waals surface area contributed by atoms with Crippen molar-refractivity contribution in [3.8, 4) is 0 Å². The highest BCUT2D eigenvalue weighted by molar-refractivity contribution is 5.79. The van der Waals surface area contributed by atoms with Gasteiger partial charge in [0.25, 0.3) is 0 Å². The van der Waals surface area contributed by atoms with Gasteiger partial charge in [-0.25, -0.2) is 4.98 Å². The van der Waals surface area contributed by atoms with E-state index in [0.717, 1.165) is 30.8 Å². The van der Waals surface area contributed by atoms with E-state index in [9.17, 15) is 9.90 Å². The first kappa shape index (κ1) is 16.4. The molecule has 1 aliphatic rings. The lowest BCUT2D eigenvalue weighted by molar-refractivity contribution is -0.125. The van der Waals surface area contributed by atoms with Gasteiger partial charge in [0.1, 0.15) is 5.82 Å². The van der Waals surface area contributed by atoms with E-state index < -0.39 is 6.10 Å². The van der Waals surface area contributed by atoms with Crippen LogP contribution >= 0.6 is 0 Å². The second-order valence-electron chi connectivity index (χ2n) is 6.02. The molecule has 1 aliphatic heterocycles. The summed E-state index contributed by atoms with van der Waals surface area (Å²) in [6.07, 6.45) is 6.13. The summed E-state index contributed by atoms with van der Waals surface area (Å²) in [5.41, 5.74) is 0.808. The van der Waals surface area contributed by atoms with Gasteiger partial charge in [-0.05, 0) is 18.4 Å². The largest absolute Gasteiger partial charge is 0.387 e. The normalized spacial score (nSPS) is 18.9. The average molecular weight is 326 g/mol. The Balaban J connectivity index is 1.53. The molecule has 2 aromatic rings. The molecule has 0 radical (unpaired) electrons. The van der Waals surface area contributed by atoms with Gasteiger partial charge in [0.15, 0.2) is 0 Å². The minimum absolute atomic E-state index is 0.0152. The zero-order valence-electron chi connectivity index (χ0n) is 13.5. The number of hydrogen-bond acceptors (Lipinski definition) is 5. The van der Waals surface area contributed by atoms with Crippen LogP contribution in [0.5, 0.6) is 0 Å². The second kappa shape index (κ2) is 7.88. The van der Waals surface area contributed by atoms with Crippen molar-refractivity contribution in [2.45, 2.75) is 18.9 Å². The van der Waals surface area contributed by atoms with Crippen molar-refractivity contribution in [1.29, 1.82) is 0 Å². The molecule has 1 saturated heterocycles. The molecule has 2 heterocycles. The van der Waals surface area contributed by atoms with E-state index in [0.29, 0.717) is 6.54 Å². The van der Waals surface area contributed by atoms with Crippen LogP contribution in [0.4, 0.5) is 5.82 Å². The van der Waals surface area contributed by atoms with Crippen LogP contribution in [0.1, 0.15) is 24.5 Å². The minimum Gasteiger partial charge on any atom is -0.387 e. The molecule has 0 saturated carbocycles. The Morgan fingerprint density at radius 3 is 2.92 bits per heavy atom. The quantitative estimate of drug-likeness (QED) is 0.871. The Hall–Kier alpha value is -2.47. The van der Waals surface area contributed by atoms with Crippen molar-refractivity contribution < 1.29 is 9.90 Å². The highest BCUT2D eigenvalue weighted by Crippen LogP contribution is 2.21. The van der Waals surface area contributed by atoms with Crippen LogP contribution in [0.25, 0.3) is 0 Å². The Morgan fingerprint density at radius 1 is 1.33 bits per heavy atom. The fraction of sp³-hybridized carbons (Fsp3) is 0.389. The van der Waals surface area contributed by atoms with Crippen LogP contribution in [0, 0.1) is 5.92 Å². The number of carbonyl (C=O) groups excluding carboxylic acids is 1. The SMILES string of the molecule is O=C(NC[C@H](O)c1ccccc1)[C@@H]1CCCN(c2cnccn2)C1. The number of piperidine rings is 1. The van der Waals surface area contributed by atoms with Gasteiger partial charge in [0.2, 0.25) is 5.91 Å². The van der Waals surface area contributed by atoms with E-state index in [2.05, 4.69) is 20.2 Å². The first-order valence-electron chi connectivity index (χ1n) is 8.25. The number of rotatable bonds is 5. The van der Waals surface area contributed by atoms with Gasteiger partial charge in [0.05, 0.1) is 18.2 Å². The predicted molar refractivity (Wildman–Crippen MR) is 91.4 cm³/mol. The third-order valence-corrected chi connectivity index (χ3v) is 4.32. The average Bonchev–Trinajstić information content (AvgIpc) is 2.67. The highest BCUT2D eigenvalue weighted by atomic mass is 16.3. The predicted octanol–water partition coefficient (Wildman–Crippen LogP) is 1.54. The maximum atomic E-state index is 12.4. The molecule has 1 fully saturated rings. The van der Waals surface area contributed by atoms with Gasteiger partial charge < -0.3 is 15.3 Å². The first-order chi connectivity index (χ1) is 11.7. The number of hydrogen-bond donors (Lipinski definition) is 2. The third kappa shape index (κ3) is 4.08. The van der Waals surface area contributed by atoms with Crippen LogP contribution in [0.2, 0.25) is 0 Å². The molecule has 2 atom stereocenters. The highest BCUT2D eigenvalue weighted by Gasteiger charge is 2.26. The molecule has 0 unspecified atom stereocenters. The lowest BCUT2D eigenvalue weighted by Gasteiger charge is -2.32. The zero-order valence-corrected chi connectivity index (χ0v) is 13.5. The van der Waals surface area contributed by atoms with Crippen LogP contribution in [0.15, 0.2) is 48.9 Å². The number of aliphatic hydroxyl groups is 1. The fourth-order valence-electron chi connectivity index (χ4n) is 2.99. The lowest BCUT2D eigenvalue weighted by Crippen LogP contribution is -2.44. The van der Waals surface area contributed by atoms with E-state index >= 15 is 0 Å². The summed E-state index contributed by atoms with van der Waals surface area (Å²) in [5.74, 6) is 0.696. The molecule has 0 spiro atoms. The standard InChI is InChI=1S/C18H22N4O2/c23-16(14-5-2-1-3-6-14)11-21-18(24)15-7-4-10-22(13-15)17-12-19-8-9-20-17/h1-3,5-6,8-9,12,15-16,23H,4,7,10-11,13H2,(H,21,24)/t15-,16+/m1/s1. The third-order valence-electron chi connectivity index (χ3n) is 4.32. The summed E-state index contributed by atoms with van der Waals surface area (Å²) in [6, 6.07) is 9.36. The van der Waals surface area contributed by atoms with E-state index in [1.165, 1.54) is 0 Å². The van der Waals surface area contributed by atoms with E-state index in [1.54, 1.807) is 18.6 Å².